The molecule has 0 fully saturated rings. The van der Waals surface area contributed by atoms with Crippen LogP contribution in [0.25, 0.3) is 0 Å². The number of benzene rings is 1. The summed E-state index contributed by atoms with van der Waals surface area (Å²) in [6, 6.07) is -1.31. The maximum absolute atomic E-state index is 14.0. The normalized spacial score (nSPS) is 11.9. The second kappa shape index (κ2) is 6.49. The van der Waals surface area contributed by atoms with Gasteiger partial charge in [0, 0.05) is 18.9 Å². The number of methoxy groups -OCH3 is 1. The van der Waals surface area contributed by atoms with Crippen LogP contribution in [0.15, 0.2) is 0 Å². The zero-order valence-electron chi connectivity index (χ0n) is 11.8. The topological polar surface area (TPSA) is 102 Å². The van der Waals surface area contributed by atoms with Gasteiger partial charge in [0.25, 0.3) is 0 Å². The summed E-state index contributed by atoms with van der Waals surface area (Å²) >= 11 is 0. The fourth-order valence-electron chi connectivity index (χ4n) is 1.92. The van der Waals surface area contributed by atoms with Crippen LogP contribution in [-0.4, -0.2) is 30.1 Å². The van der Waals surface area contributed by atoms with Crippen molar-refractivity contribution >= 4 is 17.6 Å². The Bertz CT molecular complexity index is 590. The van der Waals surface area contributed by atoms with Gasteiger partial charge in [-0.2, -0.15) is 4.39 Å². The number of halogens is 2. The molecule has 0 heterocycles. The van der Waals surface area contributed by atoms with Crippen molar-refractivity contribution in [3.05, 3.63) is 22.8 Å². The average molecular weight is 302 g/mol. The number of aliphatic carboxylic acids is 1. The van der Waals surface area contributed by atoms with Crippen LogP contribution in [-0.2, 0) is 16.0 Å². The Balaban J connectivity index is 3.49. The number of hydrogen-bond acceptors (Lipinski definition) is 4. The molecule has 21 heavy (non-hydrogen) atoms. The highest BCUT2D eigenvalue weighted by Gasteiger charge is 2.26. The lowest BCUT2D eigenvalue weighted by atomic mass is 9.97. The molecule has 1 unspecified atom stereocenters. The third-order valence-corrected chi connectivity index (χ3v) is 2.96. The number of carboxylic acid groups (broad SMARTS) is 1. The van der Waals surface area contributed by atoms with E-state index in [1.165, 1.54) is 6.92 Å². The number of ether oxygens (including phenoxy) is 1. The van der Waals surface area contributed by atoms with E-state index in [1.807, 2.05) is 0 Å². The molecule has 0 aliphatic carbocycles. The zero-order chi connectivity index (χ0) is 16.3. The van der Waals surface area contributed by atoms with E-state index in [0.717, 1.165) is 14.0 Å². The minimum Gasteiger partial charge on any atom is -0.493 e. The molecule has 0 saturated heterocycles. The molecule has 0 spiro atoms. The van der Waals surface area contributed by atoms with Crippen molar-refractivity contribution in [1.29, 1.82) is 0 Å². The number of rotatable bonds is 5. The average Bonchev–Trinajstić information content (AvgIpc) is 2.40. The number of nitrogens with one attached hydrogen (secondary N) is 1. The van der Waals surface area contributed by atoms with E-state index in [2.05, 4.69) is 5.32 Å². The van der Waals surface area contributed by atoms with Gasteiger partial charge in [0.1, 0.15) is 6.04 Å². The Morgan fingerprint density at radius 1 is 1.38 bits per heavy atom. The Labute approximate surface area is 119 Å². The molecule has 6 nitrogen and oxygen atoms in total. The van der Waals surface area contributed by atoms with E-state index in [0.29, 0.717) is 0 Å². The second-order valence-electron chi connectivity index (χ2n) is 4.47. The van der Waals surface area contributed by atoms with Gasteiger partial charge in [0.05, 0.1) is 12.8 Å². The highest BCUT2D eigenvalue weighted by Crippen LogP contribution is 2.35. The summed E-state index contributed by atoms with van der Waals surface area (Å²) in [4.78, 5) is 21.9. The van der Waals surface area contributed by atoms with Crippen LogP contribution >= 0.6 is 0 Å². The molecule has 1 rings (SSSR count). The third-order valence-electron chi connectivity index (χ3n) is 2.96. The Hall–Kier alpha value is -2.22. The zero-order valence-corrected chi connectivity index (χ0v) is 11.8. The fraction of sp³-hybridized carbons (Fsp3) is 0.385. The monoisotopic (exact) mass is 302 g/mol. The lowest BCUT2D eigenvalue weighted by Crippen LogP contribution is -2.33. The van der Waals surface area contributed by atoms with E-state index in [-0.39, 0.29) is 23.2 Å². The summed E-state index contributed by atoms with van der Waals surface area (Å²) in [6.45, 7) is 2.56. The van der Waals surface area contributed by atoms with Crippen molar-refractivity contribution < 1.29 is 28.2 Å². The number of carbonyl (C=O) groups is 2. The van der Waals surface area contributed by atoms with E-state index in [1.54, 1.807) is 0 Å². The quantitative estimate of drug-likeness (QED) is 0.758. The first-order chi connectivity index (χ1) is 9.70. The van der Waals surface area contributed by atoms with Crippen LogP contribution in [0.3, 0.4) is 0 Å². The summed E-state index contributed by atoms with van der Waals surface area (Å²) < 4.78 is 32.7. The van der Waals surface area contributed by atoms with Crippen molar-refractivity contribution in [2.24, 2.45) is 5.73 Å². The first kappa shape index (κ1) is 16.8. The van der Waals surface area contributed by atoms with E-state index >= 15 is 0 Å². The predicted molar refractivity (Wildman–Crippen MR) is 71.3 cm³/mol. The highest BCUT2D eigenvalue weighted by atomic mass is 19.2. The Morgan fingerprint density at radius 3 is 2.38 bits per heavy atom. The van der Waals surface area contributed by atoms with Gasteiger partial charge in [-0.3, -0.25) is 9.59 Å². The number of amides is 1. The predicted octanol–water partition coefficient (Wildman–Crippen LogP) is 1.19. The van der Waals surface area contributed by atoms with Gasteiger partial charge in [-0.05, 0) is 12.5 Å². The van der Waals surface area contributed by atoms with Crippen LogP contribution in [0.2, 0.25) is 0 Å². The molecular formula is C13H16F2N2O4. The maximum atomic E-state index is 14.0. The molecule has 0 aliphatic heterocycles. The summed E-state index contributed by atoms with van der Waals surface area (Å²) in [5.74, 6) is -4.88. The first-order valence-electron chi connectivity index (χ1n) is 6.01. The lowest BCUT2D eigenvalue weighted by molar-refractivity contribution is -0.138. The van der Waals surface area contributed by atoms with Crippen molar-refractivity contribution in [1.82, 2.24) is 0 Å². The Morgan fingerprint density at radius 2 is 1.95 bits per heavy atom. The van der Waals surface area contributed by atoms with Crippen molar-refractivity contribution in [3.8, 4) is 5.75 Å². The summed E-state index contributed by atoms with van der Waals surface area (Å²) in [6.07, 6.45) is -0.270. The molecule has 0 aliphatic rings. The molecule has 1 aromatic rings. The first-order valence-corrected chi connectivity index (χ1v) is 6.01. The third kappa shape index (κ3) is 3.46. The molecule has 0 aromatic heterocycles. The molecule has 0 radical (unpaired) electrons. The molecule has 0 saturated carbocycles. The van der Waals surface area contributed by atoms with E-state index < -0.39 is 35.3 Å². The summed E-state index contributed by atoms with van der Waals surface area (Å²) in [7, 11) is 1.13. The molecular weight excluding hydrogens is 286 g/mol. The van der Waals surface area contributed by atoms with Crippen LogP contribution in [0.1, 0.15) is 18.1 Å². The standard InChI is InChI=1S/C13H16F2N2O4/c1-5-7(4-8(16)13(19)20)12(21-3)10(15)9(14)11(5)17-6(2)18/h8H,4,16H2,1-3H3,(H,17,18)(H,19,20). The van der Waals surface area contributed by atoms with Crippen molar-refractivity contribution in [3.63, 3.8) is 0 Å². The smallest absolute Gasteiger partial charge is 0.320 e. The van der Waals surface area contributed by atoms with Gasteiger partial charge in [-0.15, -0.1) is 0 Å². The van der Waals surface area contributed by atoms with E-state index in [4.69, 9.17) is 15.6 Å². The van der Waals surface area contributed by atoms with Crippen molar-refractivity contribution in [2.75, 3.05) is 12.4 Å². The number of anilines is 1. The highest BCUT2D eigenvalue weighted by molar-refractivity contribution is 5.90. The number of nitrogens with two attached hydrogens (primary N) is 1. The molecule has 0 bridgehead atoms. The largest absolute Gasteiger partial charge is 0.493 e. The molecule has 116 valence electrons. The summed E-state index contributed by atoms with van der Waals surface area (Å²) in [5, 5.41) is 11.0. The number of carbonyl (C=O) groups excluding carboxylic acids is 1. The number of carboxylic acids is 1. The molecule has 4 N–H and O–H groups in total. The van der Waals surface area contributed by atoms with Gasteiger partial charge >= 0.3 is 5.97 Å². The van der Waals surface area contributed by atoms with Gasteiger partial charge in [-0.25, -0.2) is 4.39 Å². The Kier molecular flexibility index (Phi) is 5.20. The maximum Gasteiger partial charge on any atom is 0.320 e. The molecule has 1 amide bonds. The summed E-state index contributed by atoms with van der Waals surface area (Å²) in [5.41, 5.74) is 5.33. The lowest BCUT2D eigenvalue weighted by Gasteiger charge is -2.19. The van der Waals surface area contributed by atoms with Gasteiger partial charge in [-0.1, -0.05) is 0 Å². The number of hydrogen-bond donors (Lipinski definition) is 3. The molecule has 8 heteroatoms. The van der Waals surface area contributed by atoms with Crippen molar-refractivity contribution in [2.45, 2.75) is 26.3 Å². The van der Waals surface area contributed by atoms with E-state index in [9.17, 15) is 18.4 Å². The van der Waals surface area contributed by atoms with Crippen LogP contribution in [0.4, 0.5) is 14.5 Å². The van der Waals surface area contributed by atoms with Crippen LogP contribution < -0.4 is 15.8 Å². The van der Waals surface area contributed by atoms with Crippen LogP contribution in [0.5, 0.6) is 5.75 Å². The molecule has 1 atom stereocenters. The van der Waals surface area contributed by atoms with Crippen LogP contribution in [0, 0.1) is 18.6 Å². The fourth-order valence-corrected chi connectivity index (χ4v) is 1.92. The SMILES string of the molecule is COc1c(F)c(F)c(NC(C)=O)c(C)c1CC(N)C(=O)O. The molecule has 1 aromatic carbocycles. The minimum atomic E-state index is -1.31. The second-order valence-corrected chi connectivity index (χ2v) is 4.47. The van der Waals surface area contributed by atoms with Gasteiger partial charge in [0.2, 0.25) is 11.7 Å². The van der Waals surface area contributed by atoms with Gasteiger partial charge in [0.15, 0.2) is 11.6 Å². The van der Waals surface area contributed by atoms with Gasteiger partial charge < -0.3 is 20.9 Å². The minimum absolute atomic E-state index is 0.0926.